The molecule has 0 spiro atoms. The van der Waals surface area contributed by atoms with E-state index in [2.05, 4.69) is 20.6 Å². The lowest BCUT2D eigenvalue weighted by Gasteiger charge is -2.18. The van der Waals surface area contributed by atoms with Crippen molar-refractivity contribution in [2.75, 3.05) is 32.0 Å². The summed E-state index contributed by atoms with van der Waals surface area (Å²) in [7, 11) is 4.79. The second kappa shape index (κ2) is 9.48. The van der Waals surface area contributed by atoms with Gasteiger partial charge in [-0.15, -0.1) is 0 Å². The highest BCUT2D eigenvalue weighted by Crippen LogP contribution is 2.40. The molecule has 152 valence electrons. The quantitative estimate of drug-likeness (QED) is 0.669. The number of anilines is 3. The van der Waals surface area contributed by atoms with E-state index in [-0.39, 0.29) is 0 Å². The lowest BCUT2D eigenvalue weighted by molar-refractivity contribution is 0.324. The molecule has 3 rings (SSSR count). The fraction of sp³-hybridized carbons (Fsp3) is 0.524. The Kier molecular flexibility index (Phi) is 6.79. The number of hydrogen-bond donors (Lipinski definition) is 2. The summed E-state index contributed by atoms with van der Waals surface area (Å²) in [6.45, 7) is 1.90. The van der Waals surface area contributed by atoms with Crippen molar-refractivity contribution in [1.82, 2.24) is 9.97 Å². The van der Waals surface area contributed by atoms with Crippen molar-refractivity contribution in [3.05, 3.63) is 24.0 Å². The van der Waals surface area contributed by atoms with Gasteiger partial charge in [-0.2, -0.15) is 0 Å². The van der Waals surface area contributed by atoms with Crippen molar-refractivity contribution < 1.29 is 14.2 Å². The maximum absolute atomic E-state index is 5.43. The van der Waals surface area contributed by atoms with Crippen LogP contribution in [0.1, 0.15) is 44.3 Å². The Labute approximate surface area is 166 Å². The van der Waals surface area contributed by atoms with E-state index in [0.29, 0.717) is 29.1 Å². The number of aryl methyl sites for hydroxylation is 1. The Morgan fingerprint density at radius 1 is 0.821 bits per heavy atom. The molecule has 0 amide bonds. The average Bonchev–Trinajstić information content (AvgIpc) is 2.95. The van der Waals surface area contributed by atoms with Crippen LogP contribution in [-0.2, 0) is 0 Å². The summed E-state index contributed by atoms with van der Waals surface area (Å²) >= 11 is 0. The molecule has 7 nitrogen and oxygen atoms in total. The Morgan fingerprint density at radius 2 is 1.43 bits per heavy atom. The molecule has 1 aliphatic carbocycles. The summed E-state index contributed by atoms with van der Waals surface area (Å²) in [6.07, 6.45) is 7.60. The van der Waals surface area contributed by atoms with Gasteiger partial charge in [0.2, 0.25) is 5.75 Å². The van der Waals surface area contributed by atoms with Crippen molar-refractivity contribution in [3.8, 4) is 17.2 Å². The number of hydrogen-bond acceptors (Lipinski definition) is 7. The summed E-state index contributed by atoms with van der Waals surface area (Å²) in [5.74, 6) is 4.03. The maximum atomic E-state index is 5.43. The summed E-state index contributed by atoms with van der Waals surface area (Å²) in [4.78, 5) is 9.08. The van der Waals surface area contributed by atoms with Crippen LogP contribution in [-0.4, -0.2) is 37.3 Å². The first kappa shape index (κ1) is 20.0. The minimum Gasteiger partial charge on any atom is -0.493 e. The molecule has 7 heteroatoms. The van der Waals surface area contributed by atoms with Gasteiger partial charge in [-0.3, -0.25) is 0 Å². The molecule has 1 saturated carbocycles. The van der Waals surface area contributed by atoms with Gasteiger partial charge in [-0.25, -0.2) is 9.97 Å². The molecule has 1 aromatic heterocycles. The van der Waals surface area contributed by atoms with Crippen LogP contribution in [0.4, 0.5) is 17.3 Å². The zero-order valence-corrected chi connectivity index (χ0v) is 17.2. The number of ether oxygens (including phenoxy) is 3. The Morgan fingerprint density at radius 3 is 2.00 bits per heavy atom. The van der Waals surface area contributed by atoms with E-state index in [0.717, 1.165) is 17.3 Å². The van der Waals surface area contributed by atoms with Crippen LogP contribution < -0.4 is 24.8 Å². The van der Waals surface area contributed by atoms with Gasteiger partial charge in [0, 0.05) is 29.9 Å². The van der Waals surface area contributed by atoms with Crippen LogP contribution >= 0.6 is 0 Å². The van der Waals surface area contributed by atoms with Gasteiger partial charge in [0.05, 0.1) is 21.3 Å². The van der Waals surface area contributed by atoms with Gasteiger partial charge >= 0.3 is 0 Å². The number of nitrogens with zero attached hydrogens (tertiary/aromatic N) is 2. The highest BCUT2D eigenvalue weighted by molar-refractivity contribution is 5.67. The van der Waals surface area contributed by atoms with Gasteiger partial charge in [-0.1, -0.05) is 25.7 Å². The Bertz CT molecular complexity index is 764. The molecule has 1 aliphatic rings. The van der Waals surface area contributed by atoms with Crippen LogP contribution in [0.3, 0.4) is 0 Å². The lowest BCUT2D eigenvalue weighted by atomic mass is 10.1. The zero-order chi connectivity index (χ0) is 19.9. The van der Waals surface area contributed by atoms with Crippen LogP contribution in [0.25, 0.3) is 0 Å². The lowest BCUT2D eigenvalue weighted by Crippen LogP contribution is -2.19. The molecule has 0 unspecified atom stereocenters. The third-order valence-electron chi connectivity index (χ3n) is 4.98. The molecule has 2 aromatic rings. The van der Waals surface area contributed by atoms with Gasteiger partial charge in [0.1, 0.15) is 17.5 Å². The number of methoxy groups -OCH3 is 3. The highest BCUT2D eigenvalue weighted by atomic mass is 16.5. The average molecular weight is 386 g/mol. The van der Waals surface area contributed by atoms with E-state index in [9.17, 15) is 0 Å². The van der Waals surface area contributed by atoms with Crippen molar-refractivity contribution in [1.29, 1.82) is 0 Å². The minimum absolute atomic E-state index is 0.478. The summed E-state index contributed by atoms with van der Waals surface area (Å²) in [6, 6.07) is 6.14. The second-order valence-electron chi connectivity index (χ2n) is 7.06. The molecule has 28 heavy (non-hydrogen) atoms. The predicted molar refractivity (Wildman–Crippen MR) is 111 cm³/mol. The first-order valence-electron chi connectivity index (χ1n) is 9.82. The summed E-state index contributed by atoms with van der Waals surface area (Å²) in [5.41, 5.74) is 0.799. The third-order valence-corrected chi connectivity index (χ3v) is 4.98. The zero-order valence-electron chi connectivity index (χ0n) is 17.2. The molecular weight excluding hydrogens is 356 g/mol. The fourth-order valence-electron chi connectivity index (χ4n) is 3.64. The first-order chi connectivity index (χ1) is 13.6. The molecule has 1 fully saturated rings. The molecule has 0 atom stereocenters. The van der Waals surface area contributed by atoms with E-state index in [1.807, 2.05) is 25.1 Å². The van der Waals surface area contributed by atoms with E-state index in [1.54, 1.807) is 21.3 Å². The number of rotatable bonds is 7. The Hall–Kier alpha value is -2.70. The SMILES string of the molecule is COc1cc(Nc2cc(NC3CCCCCC3)nc(C)n2)cc(OC)c1OC. The summed E-state index contributed by atoms with van der Waals surface area (Å²) < 4.78 is 16.2. The maximum Gasteiger partial charge on any atom is 0.203 e. The van der Waals surface area contributed by atoms with E-state index in [1.165, 1.54) is 38.5 Å². The normalized spacial score (nSPS) is 14.9. The molecule has 0 bridgehead atoms. The third kappa shape index (κ3) is 4.97. The van der Waals surface area contributed by atoms with Crippen molar-refractivity contribution >= 4 is 17.3 Å². The van der Waals surface area contributed by atoms with Crippen molar-refractivity contribution in [2.45, 2.75) is 51.5 Å². The first-order valence-corrected chi connectivity index (χ1v) is 9.82. The van der Waals surface area contributed by atoms with E-state index < -0.39 is 0 Å². The molecule has 0 saturated heterocycles. The largest absolute Gasteiger partial charge is 0.493 e. The van der Waals surface area contributed by atoms with Crippen LogP contribution in [0, 0.1) is 6.92 Å². The van der Waals surface area contributed by atoms with Crippen LogP contribution in [0.2, 0.25) is 0 Å². The molecule has 0 radical (unpaired) electrons. The molecule has 1 aromatic carbocycles. The standard InChI is InChI=1S/C21H30N4O3/c1-14-22-19(24-15-9-7-5-6-8-10-15)13-20(23-14)25-16-11-17(26-2)21(28-4)18(12-16)27-3/h11-13,15H,5-10H2,1-4H3,(H2,22,23,24,25). The van der Waals surface area contributed by atoms with Gasteiger partial charge in [0.15, 0.2) is 11.5 Å². The van der Waals surface area contributed by atoms with Crippen molar-refractivity contribution in [3.63, 3.8) is 0 Å². The summed E-state index contributed by atoms with van der Waals surface area (Å²) in [5, 5.41) is 6.92. The van der Waals surface area contributed by atoms with Gasteiger partial charge in [-0.05, 0) is 19.8 Å². The Balaban J connectivity index is 1.81. The number of aromatic nitrogens is 2. The smallest absolute Gasteiger partial charge is 0.203 e. The number of nitrogens with one attached hydrogen (secondary N) is 2. The number of benzene rings is 1. The van der Waals surface area contributed by atoms with E-state index in [4.69, 9.17) is 14.2 Å². The topological polar surface area (TPSA) is 77.5 Å². The van der Waals surface area contributed by atoms with Crippen molar-refractivity contribution in [2.24, 2.45) is 0 Å². The van der Waals surface area contributed by atoms with Crippen LogP contribution in [0.5, 0.6) is 17.2 Å². The molecule has 1 heterocycles. The molecular formula is C21H30N4O3. The van der Waals surface area contributed by atoms with Gasteiger partial charge in [0.25, 0.3) is 0 Å². The van der Waals surface area contributed by atoms with E-state index >= 15 is 0 Å². The molecule has 0 aliphatic heterocycles. The predicted octanol–water partition coefficient (Wildman–Crippen LogP) is 4.69. The van der Waals surface area contributed by atoms with Crippen LogP contribution in [0.15, 0.2) is 18.2 Å². The minimum atomic E-state index is 0.478. The highest BCUT2D eigenvalue weighted by Gasteiger charge is 2.15. The monoisotopic (exact) mass is 386 g/mol. The van der Waals surface area contributed by atoms with Gasteiger partial charge < -0.3 is 24.8 Å². The molecule has 2 N–H and O–H groups in total. The fourth-order valence-corrected chi connectivity index (χ4v) is 3.64. The second-order valence-corrected chi connectivity index (χ2v) is 7.06.